The molecule has 46 valence electrons. The molecule has 0 bridgehead atoms. The molecule has 0 saturated heterocycles. The highest BCUT2D eigenvalue weighted by Crippen LogP contribution is 1.80. The molecule has 0 rings (SSSR count). The summed E-state index contributed by atoms with van der Waals surface area (Å²) in [4.78, 5) is 20.4. The summed E-state index contributed by atoms with van der Waals surface area (Å²) in [5.74, 6) is -1.50. The summed E-state index contributed by atoms with van der Waals surface area (Å²) in [6, 6.07) is 0. The average Bonchev–Trinajstić information content (AvgIpc) is 1.82. The number of amides is 1. The van der Waals surface area contributed by atoms with Crippen molar-refractivity contribution in [2.45, 2.75) is 6.85 Å². The highest BCUT2D eigenvalue weighted by molar-refractivity contribution is 5.71. The summed E-state index contributed by atoms with van der Waals surface area (Å²) in [6.45, 7) is -2.94. The van der Waals surface area contributed by atoms with E-state index in [1.54, 1.807) is 0 Å². The Morgan fingerprint density at radius 1 is 2.00 bits per heavy atom. The van der Waals surface area contributed by atoms with E-state index in [0.29, 0.717) is 0 Å². The smallest absolute Gasteiger partial charge is 0.269 e. The van der Waals surface area contributed by atoms with Gasteiger partial charge in [-0.25, -0.2) is 10.1 Å². The van der Waals surface area contributed by atoms with Gasteiger partial charge in [-0.1, -0.05) is 5.01 Å². The zero-order valence-electron chi connectivity index (χ0n) is 7.12. The Labute approximate surface area is 50.2 Å². The standard InChI is InChI=1S/C3H6N2O3/c1-3(6)4(2)5(7)8/h1-2H3/i1D3. The third kappa shape index (κ3) is 1.55. The van der Waals surface area contributed by atoms with Gasteiger partial charge in [-0.05, 0) is 0 Å². The van der Waals surface area contributed by atoms with Crippen molar-refractivity contribution in [1.82, 2.24) is 5.01 Å². The Balaban J connectivity index is 4.39. The van der Waals surface area contributed by atoms with Gasteiger partial charge in [0.15, 0.2) is 5.03 Å². The second-order valence-electron chi connectivity index (χ2n) is 1.07. The Hall–Kier alpha value is -1.13. The lowest BCUT2D eigenvalue weighted by molar-refractivity contribution is -0.627. The fourth-order valence-electron chi connectivity index (χ4n) is 0.0742. The van der Waals surface area contributed by atoms with E-state index >= 15 is 0 Å². The van der Waals surface area contributed by atoms with E-state index in [1.807, 2.05) is 0 Å². The zero-order chi connectivity index (χ0) is 9.23. The van der Waals surface area contributed by atoms with Gasteiger partial charge in [-0.3, -0.25) is 4.79 Å². The number of nitrogens with zero attached hydrogens (tertiary/aromatic N) is 2. The van der Waals surface area contributed by atoms with Crippen LogP contribution < -0.4 is 0 Å². The van der Waals surface area contributed by atoms with E-state index in [4.69, 9.17) is 4.11 Å². The molecule has 1 amide bonds. The third-order valence-corrected chi connectivity index (χ3v) is 0.539. The number of hydrogen-bond acceptors (Lipinski definition) is 3. The van der Waals surface area contributed by atoms with Crippen LogP contribution in [0.1, 0.15) is 11.0 Å². The van der Waals surface area contributed by atoms with E-state index in [9.17, 15) is 14.9 Å². The number of carbonyl (C=O) groups excluding carboxylic acids is 1. The largest absolute Gasteiger partial charge is 0.280 e. The lowest BCUT2D eigenvalue weighted by atomic mass is 10.7. The quantitative estimate of drug-likeness (QED) is 0.352. The maximum Gasteiger partial charge on any atom is 0.280 e. The first-order chi connectivity index (χ1) is 4.76. The summed E-state index contributed by atoms with van der Waals surface area (Å²) in [7, 11) is 0.786. The third-order valence-electron chi connectivity index (χ3n) is 0.539. The highest BCUT2D eigenvalue weighted by atomic mass is 16.7. The molecule has 0 radical (unpaired) electrons. The van der Waals surface area contributed by atoms with Crippen molar-refractivity contribution in [3.63, 3.8) is 0 Å². The molecule has 0 aliphatic carbocycles. The fourth-order valence-corrected chi connectivity index (χ4v) is 0.0742. The molecule has 8 heavy (non-hydrogen) atoms. The first-order valence-corrected chi connectivity index (χ1v) is 1.69. The van der Waals surface area contributed by atoms with Crippen LogP contribution in [0.3, 0.4) is 0 Å². The Morgan fingerprint density at radius 3 is 2.62 bits per heavy atom. The second-order valence-corrected chi connectivity index (χ2v) is 1.07. The topological polar surface area (TPSA) is 63.5 Å². The van der Waals surface area contributed by atoms with Crippen LogP contribution in [-0.4, -0.2) is 23.0 Å². The van der Waals surface area contributed by atoms with Crippen molar-refractivity contribution in [3.05, 3.63) is 10.1 Å². The minimum Gasteiger partial charge on any atom is -0.269 e. The van der Waals surface area contributed by atoms with Crippen LogP contribution in [0.5, 0.6) is 0 Å². The van der Waals surface area contributed by atoms with Crippen molar-refractivity contribution < 1.29 is 13.9 Å². The molecule has 0 aliphatic rings. The van der Waals surface area contributed by atoms with Crippen LogP contribution in [0.15, 0.2) is 0 Å². The maximum atomic E-state index is 10.5. The fraction of sp³-hybridized carbons (Fsp3) is 0.667. The second kappa shape index (κ2) is 2.25. The molecule has 0 aromatic heterocycles. The molecule has 5 heteroatoms. The summed E-state index contributed by atoms with van der Waals surface area (Å²) in [6.07, 6.45) is 0. The number of nitro groups is 1. The number of hydrazine groups is 1. The van der Waals surface area contributed by atoms with Crippen LogP contribution in [0.2, 0.25) is 0 Å². The molecule has 0 aromatic carbocycles. The van der Waals surface area contributed by atoms with Gasteiger partial charge in [0.2, 0.25) is 0 Å². The molecule has 0 aliphatic heterocycles. The van der Waals surface area contributed by atoms with E-state index in [0.717, 1.165) is 7.05 Å². The molecular formula is C3H6N2O3. The molecule has 0 aromatic rings. The van der Waals surface area contributed by atoms with E-state index in [2.05, 4.69) is 0 Å². The van der Waals surface area contributed by atoms with Crippen molar-refractivity contribution in [2.75, 3.05) is 7.05 Å². The van der Waals surface area contributed by atoms with E-state index in [-0.39, 0.29) is 5.01 Å². The molecule has 0 atom stereocenters. The minimum atomic E-state index is -2.94. The predicted octanol–water partition coefficient (Wildman–Crippen LogP) is -0.344. The summed E-state index contributed by atoms with van der Waals surface area (Å²) < 4.78 is 19.5. The van der Waals surface area contributed by atoms with Gasteiger partial charge in [0.1, 0.15) is 0 Å². The lowest BCUT2D eigenvalue weighted by Gasteiger charge is -1.99. The molecule has 0 saturated carbocycles. The van der Waals surface area contributed by atoms with E-state index < -0.39 is 17.8 Å². The molecule has 0 heterocycles. The Morgan fingerprint density at radius 2 is 2.50 bits per heavy atom. The number of hydrogen-bond donors (Lipinski definition) is 0. The first kappa shape index (κ1) is 3.01. The average molecular weight is 121 g/mol. The van der Waals surface area contributed by atoms with Gasteiger partial charge in [-0.15, -0.1) is 0 Å². The van der Waals surface area contributed by atoms with E-state index in [1.165, 1.54) is 0 Å². The zero-order valence-corrected chi connectivity index (χ0v) is 4.12. The normalized spacial score (nSPS) is 15.4. The molecule has 0 unspecified atom stereocenters. The maximum absolute atomic E-state index is 10.5. The van der Waals surface area contributed by atoms with Crippen LogP contribution in [0.25, 0.3) is 0 Å². The highest BCUT2D eigenvalue weighted by Gasteiger charge is 2.10. The van der Waals surface area contributed by atoms with Gasteiger partial charge < -0.3 is 0 Å². The van der Waals surface area contributed by atoms with Crippen molar-refractivity contribution in [3.8, 4) is 0 Å². The van der Waals surface area contributed by atoms with Crippen LogP contribution >= 0.6 is 0 Å². The van der Waals surface area contributed by atoms with Crippen LogP contribution in [0, 0.1) is 10.1 Å². The SMILES string of the molecule is [2H]C([2H])([2H])C(=O)N(C)[N+](=O)[O-]. The summed E-state index contributed by atoms with van der Waals surface area (Å²) >= 11 is 0. The van der Waals surface area contributed by atoms with Gasteiger partial charge in [-0.2, -0.15) is 0 Å². The van der Waals surface area contributed by atoms with Gasteiger partial charge in [0.05, 0.1) is 7.05 Å². The van der Waals surface area contributed by atoms with Crippen molar-refractivity contribution >= 4 is 5.91 Å². The monoisotopic (exact) mass is 121 g/mol. The van der Waals surface area contributed by atoms with Crippen molar-refractivity contribution in [1.29, 1.82) is 0 Å². The first-order valence-electron chi connectivity index (χ1n) is 3.19. The predicted molar refractivity (Wildman–Crippen MR) is 25.4 cm³/mol. The molecule has 0 N–H and O–H groups in total. The molecular weight excluding hydrogens is 112 g/mol. The van der Waals surface area contributed by atoms with Gasteiger partial charge >= 0.3 is 0 Å². The van der Waals surface area contributed by atoms with Gasteiger partial charge in [0.25, 0.3) is 5.91 Å². The number of rotatable bonds is 1. The molecule has 5 nitrogen and oxygen atoms in total. The minimum absolute atomic E-state index is 0.0625. The van der Waals surface area contributed by atoms with Crippen LogP contribution in [-0.2, 0) is 4.79 Å². The van der Waals surface area contributed by atoms with Gasteiger partial charge in [0, 0.05) is 11.0 Å². The van der Waals surface area contributed by atoms with Crippen LogP contribution in [0.4, 0.5) is 0 Å². The molecule has 0 spiro atoms. The summed E-state index contributed by atoms with van der Waals surface area (Å²) in [5.41, 5.74) is 0. The lowest BCUT2D eigenvalue weighted by Crippen LogP contribution is -2.29. The molecule has 0 fully saturated rings. The Bertz CT molecular complexity index is 189. The number of carbonyl (C=O) groups is 1. The van der Waals surface area contributed by atoms with Crippen molar-refractivity contribution in [2.24, 2.45) is 0 Å². The summed E-state index contributed by atoms with van der Waals surface area (Å²) in [5, 5.41) is 8.70. The Kier molecular flexibility index (Phi) is 0.845.